The summed E-state index contributed by atoms with van der Waals surface area (Å²) in [5.41, 5.74) is 22.9. The van der Waals surface area contributed by atoms with Gasteiger partial charge in [0.25, 0.3) is 0 Å². The Balaban J connectivity index is 2.36. The third-order valence-electron chi connectivity index (χ3n) is 14.8. The number of carboxylic acids is 3. The van der Waals surface area contributed by atoms with E-state index in [1.807, 2.05) is 13.8 Å². The predicted octanol–water partition coefficient (Wildman–Crippen LogP) is -5.29. The number of carboxylic acid groups (broad SMARTS) is 3. The second kappa shape index (κ2) is 40.7. The van der Waals surface area contributed by atoms with Crippen molar-refractivity contribution >= 4 is 88.8 Å². The molecule has 23 N–H and O–H groups in total. The van der Waals surface area contributed by atoms with Gasteiger partial charge < -0.3 is 107 Å². The largest absolute Gasteiger partial charge is 0.508 e. The minimum absolute atomic E-state index is 0.0441. The Bertz CT molecular complexity index is 2820. The number of aliphatic hydroxyl groups is 1. The van der Waals surface area contributed by atoms with Crippen LogP contribution in [0.4, 0.5) is 0 Å². The predicted molar refractivity (Wildman–Crippen MR) is 336 cm³/mol. The van der Waals surface area contributed by atoms with Gasteiger partial charge in [-0.3, -0.25) is 67.3 Å². The van der Waals surface area contributed by atoms with Gasteiger partial charge in [0.2, 0.25) is 65.0 Å². The fourth-order valence-corrected chi connectivity index (χ4v) is 9.69. The van der Waals surface area contributed by atoms with Crippen LogP contribution in [0.1, 0.15) is 125 Å². The van der Waals surface area contributed by atoms with Gasteiger partial charge in [-0.25, -0.2) is 4.79 Å². The first kappa shape index (κ1) is 80.8. The van der Waals surface area contributed by atoms with Gasteiger partial charge in [0.05, 0.1) is 25.6 Å². The summed E-state index contributed by atoms with van der Waals surface area (Å²) in [7, 11) is 0. The van der Waals surface area contributed by atoms with E-state index in [1.54, 1.807) is 13.8 Å². The van der Waals surface area contributed by atoms with Gasteiger partial charge in [-0.15, -0.1) is 0 Å². The molecule has 1 aromatic carbocycles. The maximum atomic E-state index is 14.2. The fraction of sp³-hybridized carbons (Fsp3) is 0.644. The minimum atomic E-state index is -1.98. The molecule has 2 rings (SSSR count). The number of likely N-dealkylation sites (tertiary alicyclic amines) is 1. The summed E-state index contributed by atoms with van der Waals surface area (Å²) in [6.45, 7) is 9.69. The molecular formula is C59H96N16O19. The Hall–Kier alpha value is -9.25. The number of benzene rings is 1. The lowest BCUT2D eigenvalue weighted by molar-refractivity contribution is -0.143. The molecule has 35 nitrogen and oxygen atoms in total. The zero-order valence-electron chi connectivity index (χ0n) is 54.1. The van der Waals surface area contributed by atoms with Crippen molar-refractivity contribution in [2.75, 3.05) is 32.8 Å². The number of carbonyl (C=O) groups is 14. The van der Waals surface area contributed by atoms with Crippen LogP contribution >= 0.6 is 0 Å². The van der Waals surface area contributed by atoms with Crippen LogP contribution in [0.25, 0.3) is 0 Å². The van der Waals surface area contributed by atoms with E-state index in [-0.39, 0.29) is 69.4 Å². The third kappa shape index (κ3) is 28.7. The highest BCUT2D eigenvalue weighted by Gasteiger charge is 2.40. The van der Waals surface area contributed by atoms with Crippen LogP contribution in [0.5, 0.6) is 5.75 Å². The Morgan fingerprint density at radius 3 is 1.67 bits per heavy atom. The molecule has 0 bridgehead atoms. The monoisotopic (exact) mass is 1330 g/mol. The molecule has 1 aromatic rings. The molecule has 0 saturated carbocycles. The molecule has 0 unspecified atom stereocenters. The van der Waals surface area contributed by atoms with Crippen LogP contribution in [0.15, 0.2) is 29.3 Å². The quantitative estimate of drug-likeness (QED) is 0.0165. The second-order valence-corrected chi connectivity index (χ2v) is 23.9. The average molecular weight is 1330 g/mol. The number of aliphatic carboxylic acids is 3. The molecule has 35 heteroatoms. The first-order chi connectivity index (χ1) is 44.1. The van der Waals surface area contributed by atoms with E-state index in [4.69, 9.17) is 22.9 Å². The minimum Gasteiger partial charge on any atom is -0.508 e. The van der Waals surface area contributed by atoms with Gasteiger partial charge in [0, 0.05) is 25.9 Å². The second-order valence-electron chi connectivity index (χ2n) is 23.9. The molecule has 1 heterocycles. The zero-order valence-corrected chi connectivity index (χ0v) is 54.1. The molecular weight excluding hydrogens is 1240 g/mol. The van der Waals surface area contributed by atoms with E-state index < -0.39 is 200 Å². The number of aliphatic hydroxyl groups excluding tert-OH is 1. The molecule has 1 aliphatic heterocycles. The number of nitrogens with one attached hydrogen (secondary N) is 10. The highest BCUT2D eigenvalue weighted by atomic mass is 16.4. The number of nitrogens with zero attached hydrogens (tertiary/aromatic N) is 2. The van der Waals surface area contributed by atoms with E-state index in [0.29, 0.717) is 24.8 Å². The van der Waals surface area contributed by atoms with Crippen LogP contribution in [0, 0.1) is 17.8 Å². The van der Waals surface area contributed by atoms with Crippen molar-refractivity contribution in [3.63, 3.8) is 0 Å². The number of guanidine groups is 1. The summed E-state index contributed by atoms with van der Waals surface area (Å²) < 4.78 is 0. The molecule has 0 spiro atoms. The number of hydrogen-bond acceptors (Lipinski definition) is 19. The average Bonchev–Trinajstić information content (AvgIpc) is 1.61. The molecule has 1 aliphatic rings. The number of aromatic hydroxyl groups is 1. The zero-order chi connectivity index (χ0) is 71.1. The topological polar surface area (TPSA) is 580 Å². The maximum Gasteiger partial charge on any atom is 0.326 e. The molecule has 1 fully saturated rings. The highest BCUT2D eigenvalue weighted by Crippen LogP contribution is 2.21. The number of hydrogen-bond donors (Lipinski definition) is 19. The van der Waals surface area contributed by atoms with Crippen LogP contribution < -0.4 is 76.1 Å². The van der Waals surface area contributed by atoms with Crippen molar-refractivity contribution in [3.05, 3.63) is 29.8 Å². The van der Waals surface area contributed by atoms with E-state index in [9.17, 15) is 92.7 Å². The summed E-state index contributed by atoms with van der Waals surface area (Å²) in [6, 6.07) is -11.0. The number of phenolic OH excluding ortho intramolecular Hbond substituents is 1. The smallest absolute Gasteiger partial charge is 0.326 e. The van der Waals surface area contributed by atoms with Crippen LogP contribution in [0.2, 0.25) is 0 Å². The number of amides is 11. The van der Waals surface area contributed by atoms with Crippen molar-refractivity contribution < 1.29 is 92.7 Å². The SMILES string of the molecule is CC(C)C[C@H](N)C(=O)N1CCC[C@H]1C(=O)N[C@@H](CO)C(=O)N[C@@H](CCCCN)C(=O)N[C@@H](CC(=O)O)C(=O)N[C@@H](Cc1ccc(O)cc1)C(=O)N[C@@H](C)C(=O)N[C@@H](CCC(=O)O)C(=O)N[C@H](C(=O)NCC(=O)N[C@@H](CCCN=C(N)N)C(=O)N[C@H](C(=O)O)C(C)C)C(C)C. The molecule has 11 atom stereocenters. The Morgan fingerprint density at radius 1 is 0.596 bits per heavy atom. The summed E-state index contributed by atoms with van der Waals surface area (Å²) in [6.07, 6.45) is -1.33. The van der Waals surface area contributed by atoms with E-state index >= 15 is 0 Å². The summed E-state index contributed by atoms with van der Waals surface area (Å²) >= 11 is 0. The number of unbranched alkanes of at least 4 members (excludes halogenated alkanes) is 1. The molecule has 526 valence electrons. The Labute approximate surface area is 544 Å². The normalized spacial score (nSPS) is 16.0. The first-order valence-electron chi connectivity index (χ1n) is 31.0. The van der Waals surface area contributed by atoms with Crippen molar-refractivity contribution in [1.82, 2.24) is 58.1 Å². The summed E-state index contributed by atoms with van der Waals surface area (Å²) in [5.74, 6) is -16.7. The standard InChI is InChI=1S/C59H96N16O19/c1-29(2)24-35(61)57(92)75-23-11-14-42(75)55(90)72-41(28-76)54(89)69-37(12-8-9-21-60)49(84)71-40(26-45(81)82)53(88)70-39(25-33-15-17-34(77)18-16-33)52(87)66-32(7)48(83)68-38(19-20-44(79)80)51(86)73-46(30(3)4)56(91)65-27-43(78)67-36(13-10-22-64-59(62)63)50(85)74-47(31(5)6)58(93)94/h15-18,29-32,35-42,46-47,76-77H,8-14,19-28,60-61H2,1-7H3,(H,65,91)(H,66,87)(H,67,78)(H,68,83)(H,69,89)(H,70,88)(H,71,84)(H,72,90)(H,73,86)(H,74,85)(H,79,80)(H,81,82)(H,93,94)(H4,62,63,64)/t32-,35-,36-,37-,38-,39-,40-,41-,42-,46-,47-/m0/s1. The van der Waals surface area contributed by atoms with Gasteiger partial charge in [0.15, 0.2) is 5.96 Å². The lowest BCUT2D eigenvalue weighted by atomic mass is 10.0. The summed E-state index contributed by atoms with van der Waals surface area (Å²) in [4.78, 5) is 192. The van der Waals surface area contributed by atoms with E-state index in [2.05, 4.69) is 58.2 Å². The molecule has 94 heavy (non-hydrogen) atoms. The van der Waals surface area contributed by atoms with Crippen LogP contribution in [-0.4, -0.2) is 219 Å². The van der Waals surface area contributed by atoms with Crippen molar-refractivity contribution in [3.8, 4) is 5.75 Å². The Morgan fingerprint density at radius 2 is 1.12 bits per heavy atom. The van der Waals surface area contributed by atoms with Gasteiger partial charge in [-0.2, -0.15) is 0 Å². The molecule has 0 radical (unpaired) electrons. The number of phenols is 1. The molecule has 0 aromatic heterocycles. The van der Waals surface area contributed by atoms with Crippen molar-refractivity contribution in [1.29, 1.82) is 0 Å². The van der Waals surface area contributed by atoms with Crippen LogP contribution in [-0.2, 0) is 73.5 Å². The number of aliphatic imine (C=N–C) groups is 1. The molecule has 0 aliphatic carbocycles. The molecule has 11 amide bonds. The van der Waals surface area contributed by atoms with Crippen molar-refractivity contribution in [2.45, 2.75) is 192 Å². The fourth-order valence-electron chi connectivity index (χ4n) is 9.69. The molecule has 1 saturated heterocycles. The van der Waals surface area contributed by atoms with Gasteiger partial charge >= 0.3 is 17.9 Å². The lowest BCUT2D eigenvalue weighted by Crippen LogP contribution is -2.61. The Kier molecular flexibility index (Phi) is 35.0. The summed E-state index contributed by atoms with van der Waals surface area (Å²) in [5, 5.41) is 73.2. The number of nitrogens with two attached hydrogens (primary N) is 4. The van der Waals surface area contributed by atoms with E-state index in [1.165, 1.54) is 43.0 Å². The van der Waals surface area contributed by atoms with Crippen molar-refractivity contribution in [2.24, 2.45) is 45.7 Å². The first-order valence-corrected chi connectivity index (χ1v) is 31.0. The highest BCUT2D eigenvalue weighted by molar-refractivity contribution is 6.00. The van der Waals surface area contributed by atoms with E-state index in [0.717, 1.165) is 6.92 Å². The van der Waals surface area contributed by atoms with Gasteiger partial charge in [-0.05, 0) is 107 Å². The van der Waals surface area contributed by atoms with Gasteiger partial charge in [-0.1, -0.05) is 53.7 Å². The maximum absolute atomic E-state index is 14.2. The third-order valence-corrected chi connectivity index (χ3v) is 14.8. The number of carbonyl (C=O) groups excluding carboxylic acids is 11. The van der Waals surface area contributed by atoms with Gasteiger partial charge in [0.1, 0.15) is 66.2 Å². The van der Waals surface area contributed by atoms with Crippen LogP contribution in [0.3, 0.4) is 0 Å². The number of rotatable bonds is 42. The lowest BCUT2D eigenvalue weighted by Gasteiger charge is -2.29.